The molecule has 1 aliphatic carbocycles. The molecule has 1 atom stereocenters. The third-order valence-electron chi connectivity index (χ3n) is 4.26. The van der Waals surface area contributed by atoms with E-state index in [0.717, 1.165) is 12.8 Å². The Morgan fingerprint density at radius 3 is 2.25 bits per heavy atom. The lowest BCUT2D eigenvalue weighted by Crippen LogP contribution is -2.20. The molecule has 1 saturated carbocycles. The maximum Gasteiger partial charge on any atom is 0.325 e. The van der Waals surface area contributed by atoms with Gasteiger partial charge in [-0.3, -0.25) is 4.79 Å². The summed E-state index contributed by atoms with van der Waals surface area (Å²) in [6.07, 6.45) is 9.20. The van der Waals surface area contributed by atoms with E-state index < -0.39 is 12.0 Å². The number of halogens is 1. The predicted molar refractivity (Wildman–Crippen MR) is 95.8 cm³/mol. The van der Waals surface area contributed by atoms with Crippen molar-refractivity contribution in [2.45, 2.75) is 57.1 Å². The minimum atomic E-state index is -1.04. The van der Waals surface area contributed by atoms with E-state index >= 15 is 0 Å². The highest BCUT2D eigenvalue weighted by atomic mass is 35.5. The number of carboxylic acids is 1. The van der Waals surface area contributed by atoms with Crippen LogP contribution in [-0.4, -0.2) is 30.4 Å². The van der Waals surface area contributed by atoms with Crippen molar-refractivity contribution in [3.63, 3.8) is 0 Å². The Balaban J connectivity index is 0.00000288. The number of rotatable bonds is 7. The quantitative estimate of drug-likeness (QED) is 0.727. The highest BCUT2D eigenvalue weighted by Gasteiger charge is 2.14. The van der Waals surface area contributed by atoms with Crippen molar-refractivity contribution in [1.82, 2.24) is 0 Å². The van der Waals surface area contributed by atoms with E-state index in [2.05, 4.69) is 0 Å². The molecule has 0 radical (unpaired) electrons. The summed E-state index contributed by atoms with van der Waals surface area (Å²) < 4.78 is 11.5. The molecule has 0 spiro atoms. The van der Waals surface area contributed by atoms with Gasteiger partial charge in [0, 0.05) is 0 Å². The summed E-state index contributed by atoms with van der Waals surface area (Å²) in [5, 5.41) is 8.87. The molecule has 136 valence electrons. The van der Waals surface area contributed by atoms with E-state index in [1.165, 1.54) is 32.1 Å². The second-order valence-corrected chi connectivity index (χ2v) is 6.07. The average Bonchev–Trinajstić information content (AvgIpc) is 2.53. The normalized spacial score (nSPS) is 17.2. The van der Waals surface area contributed by atoms with Crippen molar-refractivity contribution in [3.8, 4) is 5.75 Å². The van der Waals surface area contributed by atoms with Gasteiger partial charge in [0.05, 0.1) is 12.7 Å². The molecule has 0 saturated heterocycles. The molecule has 1 fully saturated rings. The van der Waals surface area contributed by atoms with Gasteiger partial charge in [0.15, 0.2) is 0 Å². The Labute approximate surface area is 149 Å². The van der Waals surface area contributed by atoms with Gasteiger partial charge in [0.25, 0.3) is 0 Å². The van der Waals surface area contributed by atoms with Gasteiger partial charge in [-0.2, -0.15) is 0 Å². The molecule has 2 rings (SSSR count). The standard InChI is InChI=1S/C18H27NO4.ClH/c19-17(18(20)21)14-8-10-16(11-9-14)23-13-12-22-15-6-4-2-1-3-5-7-15;/h8-11,15,17H,1-7,12-13,19H2,(H,20,21);1H/t17-;/m0./s1. The van der Waals surface area contributed by atoms with Gasteiger partial charge in [-0.1, -0.05) is 44.2 Å². The summed E-state index contributed by atoms with van der Waals surface area (Å²) in [4.78, 5) is 10.8. The lowest BCUT2D eigenvalue weighted by molar-refractivity contribution is -0.138. The smallest absolute Gasteiger partial charge is 0.325 e. The second-order valence-electron chi connectivity index (χ2n) is 6.07. The maximum atomic E-state index is 10.8. The molecule has 1 aromatic rings. The minimum Gasteiger partial charge on any atom is -0.491 e. The first-order valence-corrected chi connectivity index (χ1v) is 8.49. The zero-order valence-electron chi connectivity index (χ0n) is 14.0. The molecule has 0 bridgehead atoms. The summed E-state index contributed by atoms with van der Waals surface area (Å²) in [5.41, 5.74) is 6.12. The molecule has 6 heteroatoms. The number of benzene rings is 1. The van der Waals surface area contributed by atoms with Crippen LogP contribution in [0.3, 0.4) is 0 Å². The number of nitrogens with two attached hydrogens (primary N) is 1. The van der Waals surface area contributed by atoms with Crippen LogP contribution in [0, 0.1) is 0 Å². The highest BCUT2D eigenvalue weighted by molar-refractivity contribution is 5.85. The minimum absolute atomic E-state index is 0. The van der Waals surface area contributed by atoms with Gasteiger partial charge in [-0.05, 0) is 30.5 Å². The molecular formula is C18H28ClNO4. The van der Waals surface area contributed by atoms with E-state index in [1.54, 1.807) is 24.3 Å². The Morgan fingerprint density at radius 2 is 1.67 bits per heavy atom. The number of carboxylic acid groups (broad SMARTS) is 1. The Hall–Kier alpha value is -1.30. The molecular weight excluding hydrogens is 330 g/mol. The predicted octanol–water partition coefficient (Wildman–Crippen LogP) is 3.70. The average molecular weight is 358 g/mol. The third kappa shape index (κ3) is 7.07. The van der Waals surface area contributed by atoms with Crippen molar-refractivity contribution in [2.75, 3.05) is 13.2 Å². The molecule has 1 aliphatic rings. The molecule has 24 heavy (non-hydrogen) atoms. The Bertz CT molecular complexity index is 472. The van der Waals surface area contributed by atoms with Crippen LogP contribution in [0.2, 0.25) is 0 Å². The Morgan fingerprint density at radius 1 is 1.08 bits per heavy atom. The molecule has 0 amide bonds. The molecule has 5 nitrogen and oxygen atoms in total. The number of ether oxygens (including phenoxy) is 2. The van der Waals surface area contributed by atoms with Crippen molar-refractivity contribution < 1.29 is 19.4 Å². The van der Waals surface area contributed by atoms with Gasteiger partial charge >= 0.3 is 5.97 Å². The first-order valence-electron chi connectivity index (χ1n) is 8.49. The van der Waals surface area contributed by atoms with Crippen LogP contribution in [0.1, 0.15) is 56.6 Å². The molecule has 0 aliphatic heterocycles. The monoisotopic (exact) mass is 357 g/mol. The topological polar surface area (TPSA) is 81.8 Å². The number of hydrogen-bond acceptors (Lipinski definition) is 4. The molecule has 1 aromatic carbocycles. The first kappa shape index (κ1) is 20.7. The zero-order chi connectivity index (χ0) is 16.5. The summed E-state index contributed by atoms with van der Waals surface area (Å²) in [5.74, 6) is -0.334. The molecule has 3 N–H and O–H groups in total. The van der Waals surface area contributed by atoms with Gasteiger partial charge in [-0.15, -0.1) is 12.4 Å². The van der Waals surface area contributed by atoms with Crippen molar-refractivity contribution >= 4 is 18.4 Å². The molecule has 0 unspecified atom stereocenters. The van der Waals surface area contributed by atoms with E-state index in [9.17, 15) is 4.79 Å². The van der Waals surface area contributed by atoms with E-state index in [-0.39, 0.29) is 12.4 Å². The first-order chi connectivity index (χ1) is 11.2. The van der Waals surface area contributed by atoms with Crippen LogP contribution in [0.4, 0.5) is 0 Å². The van der Waals surface area contributed by atoms with Crippen LogP contribution in [0.25, 0.3) is 0 Å². The van der Waals surface area contributed by atoms with Gasteiger partial charge in [0.1, 0.15) is 18.4 Å². The second kappa shape index (κ2) is 11.3. The fourth-order valence-electron chi connectivity index (χ4n) is 2.87. The summed E-state index contributed by atoms with van der Waals surface area (Å²) in [6, 6.07) is 5.86. The van der Waals surface area contributed by atoms with Crippen LogP contribution in [0.5, 0.6) is 5.75 Å². The van der Waals surface area contributed by atoms with E-state index in [1.807, 2.05) is 0 Å². The van der Waals surface area contributed by atoms with Crippen LogP contribution in [-0.2, 0) is 9.53 Å². The summed E-state index contributed by atoms with van der Waals surface area (Å²) in [6.45, 7) is 1.09. The highest BCUT2D eigenvalue weighted by Crippen LogP contribution is 2.20. The lowest BCUT2D eigenvalue weighted by atomic mass is 9.99. The fourth-order valence-corrected chi connectivity index (χ4v) is 2.87. The van der Waals surface area contributed by atoms with Gasteiger partial charge < -0.3 is 20.3 Å². The van der Waals surface area contributed by atoms with Crippen molar-refractivity contribution in [2.24, 2.45) is 5.73 Å². The van der Waals surface area contributed by atoms with Crippen molar-refractivity contribution in [3.05, 3.63) is 29.8 Å². The Kier molecular flexibility index (Phi) is 9.76. The summed E-state index contributed by atoms with van der Waals surface area (Å²) >= 11 is 0. The maximum absolute atomic E-state index is 10.8. The zero-order valence-corrected chi connectivity index (χ0v) is 14.8. The third-order valence-corrected chi connectivity index (χ3v) is 4.26. The molecule has 0 heterocycles. The fraction of sp³-hybridized carbons (Fsp3) is 0.611. The largest absolute Gasteiger partial charge is 0.491 e. The van der Waals surface area contributed by atoms with Crippen LogP contribution >= 0.6 is 12.4 Å². The van der Waals surface area contributed by atoms with Crippen LogP contribution in [0.15, 0.2) is 24.3 Å². The SMILES string of the molecule is Cl.N[C@H](C(=O)O)c1ccc(OCCOC2CCCCCCC2)cc1. The number of carbonyl (C=O) groups is 1. The number of aliphatic carboxylic acids is 1. The molecule has 0 aromatic heterocycles. The van der Waals surface area contributed by atoms with Gasteiger partial charge in [0.2, 0.25) is 0 Å². The van der Waals surface area contributed by atoms with Crippen LogP contribution < -0.4 is 10.5 Å². The summed E-state index contributed by atoms with van der Waals surface area (Å²) in [7, 11) is 0. The number of hydrogen-bond donors (Lipinski definition) is 2. The van der Waals surface area contributed by atoms with E-state index in [0.29, 0.717) is 30.6 Å². The van der Waals surface area contributed by atoms with Crippen molar-refractivity contribution in [1.29, 1.82) is 0 Å². The lowest BCUT2D eigenvalue weighted by Gasteiger charge is -2.20. The van der Waals surface area contributed by atoms with E-state index in [4.69, 9.17) is 20.3 Å². The van der Waals surface area contributed by atoms with Gasteiger partial charge in [-0.25, -0.2) is 0 Å².